The first kappa shape index (κ1) is 28.4. The fraction of sp³-hybridized carbons (Fsp3) is 0.357. The molecule has 1 aliphatic rings. The Kier molecular flexibility index (Phi) is 8.10. The molecule has 3 heterocycles. The lowest BCUT2D eigenvalue weighted by Gasteiger charge is -2.21. The number of thiophene rings is 1. The number of fused-ring (bicyclic) bond motifs is 1. The third kappa shape index (κ3) is 6.12. The van der Waals surface area contributed by atoms with E-state index in [9.17, 15) is 13.2 Å². The van der Waals surface area contributed by atoms with E-state index in [2.05, 4.69) is 16.9 Å². The van der Waals surface area contributed by atoms with Gasteiger partial charge in [0.25, 0.3) is 5.91 Å². The smallest absolute Gasteiger partial charge is 0.262 e. The van der Waals surface area contributed by atoms with Crippen LogP contribution in [-0.2, 0) is 15.6 Å². The highest BCUT2D eigenvalue weighted by atomic mass is 35.5. The molecule has 0 spiro atoms. The van der Waals surface area contributed by atoms with E-state index in [1.165, 1.54) is 17.6 Å². The number of ether oxygens (including phenoxy) is 2. The first-order valence-electron chi connectivity index (χ1n) is 12.9. The molecule has 0 aliphatic carbocycles. The molecule has 4 aromatic rings. The minimum absolute atomic E-state index is 0.0854. The Morgan fingerprint density at radius 2 is 2.05 bits per heavy atom. The van der Waals surface area contributed by atoms with Gasteiger partial charge >= 0.3 is 0 Å². The van der Waals surface area contributed by atoms with E-state index in [1.807, 2.05) is 25.1 Å². The van der Waals surface area contributed by atoms with Gasteiger partial charge in [0.15, 0.2) is 9.84 Å². The lowest BCUT2D eigenvalue weighted by Crippen LogP contribution is -2.30. The molecule has 1 fully saturated rings. The van der Waals surface area contributed by atoms with Crippen molar-refractivity contribution in [2.75, 3.05) is 26.5 Å². The number of amides is 1. The highest BCUT2D eigenvalue weighted by Crippen LogP contribution is 2.39. The standard InChI is InChI=1S/C28H31ClN4O5S2/c1-17(20-7-4-8-23(26(20)29)37-14-19-6-5-11-32(19)2)38-24-13-25(39-27(24)28(30)34)33-16-31-21-10-9-18(12-22(21)33)15-40(3,35)36/h4,7-10,12-13,16-17,19H,5-6,11,14-15H2,1-3H3,(H2,30,34)/t17-,19?/m1/s1. The highest BCUT2D eigenvalue weighted by Gasteiger charge is 2.24. The molecule has 0 bridgehead atoms. The maximum Gasteiger partial charge on any atom is 0.262 e. The second-order valence-electron chi connectivity index (χ2n) is 10.2. The Balaban J connectivity index is 1.41. The van der Waals surface area contributed by atoms with Crippen LogP contribution in [-0.4, -0.2) is 61.3 Å². The van der Waals surface area contributed by atoms with Crippen molar-refractivity contribution >= 4 is 49.7 Å². The number of imidazole rings is 1. The summed E-state index contributed by atoms with van der Waals surface area (Å²) in [5, 5.41) is 1.12. The van der Waals surface area contributed by atoms with E-state index in [1.54, 1.807) is 35.2 Å². The molecule has 2 N–H and O–H groups in total. The van der Waals surface area contributed by atoms with Crippen LogP contribution in [0.4, 0.5) is 0 Å². The van der Waals surface area contributed by atoms with Gasteiger partial charge in [0.1, 0.15) is 40.4 Å². The summed E-state index contributed by atoms with van der Waals surface area (Å²) in [6.07, 6.45) is 4.56. The maximum absolute atomic E-state index is 12.4. The Hall–Kier alpha value is -3.12. The minimum Gasteiger partial charge on any atom is -0.490 e. The third-order valence-corrected chi connectivity index (χ3v) is 9.42. The number of primary amides is 1. The predicted molar refractivity (Wildman–Crippen MR) is 158 cm³/mol. The molecule has 2 aromatic carbocycles. The van der Waals surface area contributed by atoms with Crippen molar-refractivity contribution in [3.05, 3.63) is 69.8 Å². The van der Waals surface area contributed by atoms with E-state index in [4.69, 9.17) is 26.8 Å². The molecule has 12 heteroatoms. The molecule has 1 aliphatic heterocycles. The van der Waals surface area contributed by atoms with Crippen molar-refractivity contribution in [2.45, 2.75) is 37.7 Å². The van der Waals surface area contributed by atoms with Crippen LogP contribution in [0.25, 0.3) is 16.0 Å². The molecule has 1 saturated heterocycles. The van der Waals surface area contributed by atoms with Gasteiger partial charge in [0.05, 0.1) is 21.8 Å². The maximum atomic E-state index is 12.4. The normalized spacial score (nSPS) is 16.9. The number of benzene rings is 2. The first-order chi connectivity index (χ1) is 19.0. The molecule has 9 nitrogen and oxygen atoms in total. The van der Waals surface area contributed by atoms with Crippen LogP contribution in [0.2, 0.25) is 5.02 Å². The van der Waals surface area contributed by atoms with Gasteiger partial charge in [-0.25, -0.2) is 13.4 Å². The zero-order valence-corrected chi connectivity index (χ0v) is 24.9. The number of carbonyl (C=O) groups excluding carboxylic acids is 1. The zero-order valence-electron chi connectivity index (χ0n) is 22.5. The van der Waals surface area contributed by atoms with Gasteiger partial charge in [-0.15, -0.1) is 11.3 Å². The second-order valence-corrected chi connectivity index (χ2v) is 13.7. The Morgan fingerprint density at radius 1 is 1.25 bits per heavy atom. The monoisotopic (exact) mass is 602 g/mol. The number of hydrogen-bond acceptors (Lipinski definition) is 8. The van der Waals surface area contributed by atoms with Crippen LogP contribution < -0.4 is 15.2 Å². The lowest BCUT2D eigenvalue weighted by atomic mass is 10.1. The Bertz CT molecular complexity index is 1670. The number of rotatable bonds is 10. The van der Waals surface area contributed by atoms with E-state index >= 15 is 0 Å². The predicted octanol–water partition coefficient (Wildman–Crippen LogP) is 5.00. The van der Waals surface area contributed by atoms with Crippen molar-refractivity contribution in [1.29, 1.82) is 0 Å². The number of nitrogens with two attached hydrogens (primary N) is 1. The van der Waals surface area contributed by atoms with Crippen LogP contribution >= 0.6 is 22.9 Å². The molecule has 1 amide bonds. The number of sulfone groups is 1. The van der Waals surface area contributed by atoms with Gasteiger partial charge in [-0.05, 0) is 57.1 Å². The molecule has 0 saturated carbocycles. The molecular weight excluding hydrogens is 572 g/mol. The van der Waals surface area contributed by atoms with Crippen LogP contribution in [0.1, 0.15) is 46.7 Å². The molecule has 40 heavy (non-hydrogen) atoms. The Labute approximate surface area is 242 Å². The quantitative estimate of drug-likeness (QED) is 0.271. The minimum atomic E-state index is -3.21. The number of carbonyl (C=O) groups is 1. The molecular formula is C28H31ClN4O5S2. The van der Waals surface area contributed by atoms with Gasteiger partial charge < -0.3 is 20.1 Å². The fourth-order valence-electron chi connectivity index (χ4n) is 4.94. The summed E-state index contributed by atoms with van der Waals surface area (Å²) >= 11 is 7.91. The van der Waals surface area contributed by atoms with E-state index < -0.39 is 21.8 Å². The summed E-state index contributed by atoms with van der Waals surface area (Å²) in [7, 11) is -1.11. The second kappa shape index (κ2) is 11.4. The number of aromatic nitrogens is 2. The summed E-state index contributed by atoms with van der Waals surface area (Å²) in [6.45, 7) is 3.47. The van der Waals surface area contributed by atoms with Gasteiger partial charge in [-0.3, -0.25) is 9.36 Å². The van der Waals surface area contributed by atoms with E-state index in [0.29, 0.717) is 50.8 Å². The molecule has 2 atom stereocenters. The molecule has 5 rings (SSSR count). The third-order valence-electron chi connectivity index (χ3n) is 7.02. The molecule has 1 unspecified atom stereocenters. The van der Waals surface area contributed by atoms with Gasteiger partial charge in [-0.2, -0.15) is 0 Å². The largest absolute Gasteiger partial charge is 0.490 e. The zero-order chi connectivity index (χ0) is 28.6. The average Bonchev–Trinajstić information content (AvgIpc) is 3.60. The first-order valence-corrected chi connectivity index (χ1v) is 16.1. The van der Waals surface area contributed by atoms with Crippen LogP contribution in [0, 0.1) is 0 Å². The fourth-order valence-corrected chi connectivity index (χ4v) is 6.99. The van der Waals surface area contributed by atoms with Crippen molar-refractivity contribution in [1.82, 2.24) is 14.5 Å². The lowest BCUT2D eigenvalue weighted by molar-refractivity contribution is 0.0998. The summed E-state index contributed by atoms with van der Waals surface area (Å²) in [4.78, 5) is 19.3. The van der Waals surface area contributed by atoms with Crippen molar-refractivity contribution < 1.29 is 22.7 Å². The molecule has 2 aromatic heterocycles. The number of nitrogens with zero attached hydrogens (tertiary/aromatic N) is 3. The van der Waals surface area contributed by atoms with Crippen molar-refractivity contribution in [2.24, 2.45) is 5.73 Å². The average molecular weight is 603 g/mol. The van der Waals surface area contributed by atoms with Gasteiger partial charge in [0, 0.05) is 23.9 Å². The van der Waals surface area contributed by atoms with Crippen LogP contribution in [0.3, 0.4) is 0 Å². The molecule has 212 valence electrons. The number of halogens is 1. The van der Waals surface area contributed by atoms with E-state index in [-0.39, 0.29) is 10.6 Å². The summed E-state index contributed by atoms with van der Waals surface area (Å²) in [6, 6.07) is 13.0. The van der Waals surface area contributed by atoms with Crippen LogP contribution in [0.5, 0.6) is 11.5 Å². The van der Waals surface area contributed by atoms with Crippen molar-refractivity contribution in [3.8, 4) is 16.5 Å². The number of likely N-dealkylation sites (tertiary alicyclic amines) is 1. The topological polar surface area (TPSA) is 117 Å². The van der Waals surface area contributed by atoms with Crippen molar-refractivity contribution in [3.63, 3.8) is 0 Å². The summed E-state index contributed by atoms with van der Waals surface area (Å²) in [5.41, 5.74) is 8.48. The number of hydrogen-bond donors (Lipinski definition) is 1. The Morgan fingerprint density at radius 3 is 2.75 bits per heavy atom. The molecule has 0 radical (unpaired) electrons. The summed E-state index contributed by atoms with van der Waals surface area (Å²) in [5.74, 6) is 0.206. The van der Waals surface area contributed by atoms with Gasteiger partial charge in [0.2, 0.25) is 0 Å². The summed E-state index contributed by atoms with van der Waals surface area (Å²) < 4.78 is 37.8. The highest BCUT2D eigenvalue weighted by molar-refractivity contribution is 7.89. The van der Waals surface area contributed by atoms with Gasteiger partial charge in [-0.1, -0.05) is 29.8 Å². The van der Waals surface area contributed by atoms with E-state index in [0.717, 1.165) is 24.9 Å². The number of likely N-dealkylation sites (N-methyl/N-ethyl adjacent to an activating group) is 1. The SMILES string of the molecule is C[C@@H](Oc1cc(-n2cnc3ccc(CS(C)(=O)=O)cc32)sc1C(N)=O)c1cccc(OCC2CCCN2C)c1Cl. The van der Waals surface area contributed by atoms with Crippen LogP contribution in [0.15, 0.2) is 48.8 Å².